The quantitative estimate of drug-likeness (QED) is 0.767. The van der Waals surface area contributed by atoms with E-state index >= 15 is 0 Å². The zero-order valence-electron chi connectivity index (χ0n) is 17.0. The topological polar surface area (TPSA) is 32.8 Å². The van der Waals surface area contributed by atoms with Crippen LogP contribution in [-0.2, 0) is 11.3 Å². The molecule has 0 N–H and O–H groups in total. The molecule has 0 aliphatic carbocycles. The third kappa shape index (κ3) is 4.78. The first-order valence-electron chi connectivity index (χ1n) is 10.6. The van der Waals surface area contributed by atoms with E-state index < -0.39 is 6.10 Å². The molecule has 1 fully saturated rings. The fraction of sp³-hybridized carbons (Fsp3) is 0.458. The molecule has 0 spiro atoms. The molecular formula is C24H29FN2O2. The van der Waals surface area contributed by atoms with Crippen LogP contribution in [-0.4, -0.2) is 41.9 Å². The van der Waals surface area contributed by atoms with E-state index in [4.69, 9.17) is 4.74 Å². The Labute approximate surface area is 172 Å². The summed E-state index contributed by atoms with van der Waals surface area (Å²) in [5.74, 6) is 1.34. The number of halogens is 1. The summed E-state index contributed by atoms with van der Waals surface area (Å²) in [7, 11) is 0. The molecule has 2 unspecified atom stereocenters. The summed E-state index contributed by atoms with van der Waals surface area (Å²) in [6, 6.07) is 14.7. The first-order valence-corrected chi connectivity index (χ1v) is 10.6. The van der Waals surface area contributed by atoms with Gasteiger partial charge in [0.1, 0.15) is 17.7 Å². The number of carbonyl (C=O) groups excluding carboxylic acids is 1. The molecule has 154 valence electrons. The Bertz CT molecular complexity index is 856. The zero-order valence-corrected chi connectivity index (χ0v) is 17.0. The second kappa shape index (κ2) is 8.95. The molecule has 0 aromatic heterocycles. The lowest BCUT2D eigenvalue weighted by atomic mass is 10.00. The number of fused-ring (bicyclic) bond motifs is 1. The summed E-state index contributed by atoms with van der Waals surface area (Å²) in [5.41, 5.74) is 1.63. The lowest BCUT2D eigenvalue weighted by Gasteiger charge is -2.32. The number of hydrogen-bond donors (Lipinski definition) is 0. The predicted octanol–water partition coefficient (Wildman–Crippen LogP) is 4.41. The number of piperidine rings is 1. The smallest absolute Gasteiger partial charge is 0.223 e. The normalized spacial score (nSPS) is 22.5. The molecule has 1 saturated heterocycles. The molecule has 29 heavy (non-hydrogen) atoms. The monoisotopic (exact) mass is 396 g/mol. The molecule has 4 rings (SSSR count). The van der Waals surface area contributed by atoms with Gasteiger partial charge in [-0.3, -0.25) is 9.69 Å². The summed E-state index contributed by atoms with van der Waals surface area (Å²) in [6.07, 6.45) is 2.38. The molecule has 5 heteroatoms. The van der Waals surface area contributed by atoms with E-state index in [9.17, 15) is 9.18 Å². The van der Waals surface area contributed by atoms with Crippen LogP contribution in [0.15, 0.2) is 48.5 Å². The van der Waals surface area contributed by atoms with E-state index in [1.807, 2.05) is 35.2 Å². The Morgan fingerprint density at radius 2 is 1.93 bits per heavy atom. The van der Waals surface area contributed by atoms with Gasteiger partial charge in [-0.05, 0) is 30.9 Å². The van der Waals surface area contributed by atoms with E-state index in [0.29, 0.717) is 37.5 Å². The fourth-order valence-electron chi connectivity index (χ4n) is 4.38. The average Bonchev–Trinajstić information content (AvgIpc) is 2.91. The van der Waals surface area contributed by atoms with Crippen molar-refractivity contribution in [3.63, 3.8) is 0 Å². The van der Waals surface area contributed by atoms with Gasteiger partial charge in [-0.25, -0.2) is 4.39 Å². The molecule has 0 saturated carbocycles. The maximum atomic E-state index is 14.4. The zero-order chi connectivity index (χ0) is 20.2. The van der Waals surface area contributed by atoms with Gasteiger partial charge in [0.2, 0.25) is 5.91 Å². The van der Waals surface area contributed by atoms with E-state index in [1.54, 1.807) is 12.1 Å². The van der Waals surface area contributed by atoms with Gasteiger partial charge in [-0.2, -0.15) is 0 Å². The maximum absolute atomic E-state index is 14.4. The summed E-state index contributed by atoms with van der Waals surface area (Å²) >= 11 is 0. The van der Waals surface area contributed by atoms with Crippen LogP contribution in [0.1, 0.15) is 43.4 Å². The molecule has 2 aliphatic rings. The van der Waals surface area contributed by atoms with Gasteiger partial charge in [-0.1, -0.05) is 43.3 Å². The Kier molecular flexibility index (Phi) is 6.14. The summed E-state index contributed by atoms with van der Waals surface area (Å²) < 4.78 is 20.7. The van der Waals surface area contributed by atoms with Crippen molar-refractivity contribution in [1.29, 1.82) is 0 Å². The molecule has 2 aromatic carbocycles. The summed E-state index contributed by atoms with van der Waals surface area (Å²) in [5, 5.41) is 0. The highest BCUT2D eigenvalue weighted by Gasteiger charge is 2.27. The molecule has 2 atom stereocenters. The summed E-state index contributed by atoms with van der Waals surface area (Å²) in [6.45, 7) is 5.84. The minimum absolute atomic E-state index is 0.220. The van der Waals surface area contributed by atoms with Gasteiger partial charge < -0.3 is 9.64 Å². The van der Waals surface area contributed by atoms with Gasteiger partial charge in [0.05, 0.1) is 0 Å². The Morgan fingerprint density at radius 3 is 2.76 bits per heavy atom. The first kappa shape index (κ1) is 19.9. The average molecular weight is 397 g/mol. The molecule has 1 amide bonds. The number of carbonyl (C=O) groups is 1. The van der Waals surface area contributed by atoms with Crippen LogP contribution in [0.4, 0.5) is 4.39 Å². The Morgan fingerprint density at radius 1 is 1.14 bits per heavy atom. The molecule has 2 aromatic rings. The lowest BCUT2D eigenvalue weighted by molar-refractivity contribution is -0.133. The van der Waals surface area contributed by atoms with Crippen molar-refractivity contribution in [2.24, 2.45) is 5.92 Å². The molecule has 2 aliphatic heterocycles. The van der Waals surface area contributed by atoms with Crippen LogP contribution in [0.2, 0.25) is 0 Å². The maximum Gasteiger partial charge on any atom is 0.223 e. The molecule has 2 heterocycles. The predicted molar refractivity (Wildman–Crippen MR) is 111 cm³/mol. The van der Waals surface area contributed by atoms with Crippen molar-refractivity contribution >= 4 is 5.91 Å². The van der Waals surface area contributed by atoms with Crippen molar-refractivity contribution < 1.29 is 13.9 Å². The number of benzene rings is 2. The second-order valence-electron chi connectivity index (χ2n) is 8.31. The van der Waals surface area contributed by atoms with Crippen molar-refractivity contribution in [3.05, 3.63) is 65.5 Å². The van der Waals surface area contributed by atoms with Crippen LogP contribution in [0.3, 0.4) is 0 Å². The first-order chi connectivity index (χ1) is 14.1. The number of hydrogen-bond acceptors (Lipinski definition) is 3. The third-order valence-electron chi connectivity index (χ3n) is 5.96. The minimum atomic E-state index is -0.398. The minimum Gasteiger partial charge on any atom is -0.484 e. The Hall–Kier alpha value is -2.40. The number of amides is 1. The third-order valence-corrected chi connectivity index (χ3v) is 5.96. The van der Waals surface area contributed by atoms with Crippen LogP contribution < -0.4 is 4.74 Å². The van der Waals surface area contributed by atoms with E-state index in [0.717, 1.165) is 30.8 Å². The number of para-hydroxylation sites is 1. The standard InChI is InChI=1S/C24H29FN2O2/c1-18-7-6-13-27(15-18)24(28)12-14-26-16-19-8-2-5-11-22(19)29-23(17-26)20-9-3-4-10-21(20)25/h2-5,8-11,18,23H,6-7,12-17H2,1H3. The lowest BCUT2D eigenvalue weighted by Crippen LogP contribution is -2.41. The van der Waals surface area contributed by atoms with E-state index in [1.165, 1.54) is 12.5 Å². The largest absolute Gasteiger partial charge is 0.484 e. The fourth-order valence-corrected chi connectivity index (χ4v) is 4.38. The van der Waals surface area contributed by atoms with Crippen LogP contribution in [0, 0.1) is 11.7 Å². The van der Waals surface area contributed by atoms with Gasteiger partial charge in [0, 0.05) is 50.3 Å². The van der Waals surface area contributed by atoms with Gasteiger partial charge in [0.25, 0.3) is 0 Å². The number of likely N-dealkylation sites (tertiary alicyclic amines) is 1. The number of nitrogens with zero attached hydrogens (tertiary/aromatic N) is 2. The number of rotatable bonds is 4. The van der Waals surface area contributed by atoms with E-state index in [2.05, 4.69) is 11.8 Å². The molecule has 0 radical (unpaired) electrons. The van der Waals surface area contributed by atoms with Crippen LogP contribution in [0.25, 0.3) is 0 Å². The number of ether oxygens (including phenoxy) is 1. The highest BCUT2D eigenvalue weighted by atomic mass is 19.1. The molecule has 0 bridgehead atoms. The van der Waals surface area contributed by atoms with Crippen molar-refractivity contribution in [2.75, 3.05) is 26.2 Å². The SMILES string of the molecule is CC1CCCN(C(=O)CCN2Cc3ccccc3OC(c3ccccc3F)C2)C1. The molecule has 4 nitrogen and oxygen atoms in total. The van der Waals surface area contributed by atoms with Crippen LogP contribution in [0.5, 0.6) is 5.75 Å². The van der Waals surface area contributed by atoms with Crippen molar-refractivity contribution in [3.8, 4) is 5.75 Å². The summed E-state index contributed by atoms with van der Waals surface area (Å²) in [4.78, 5) is 17.0. The molecular weight excluding hydrogens is 367 g/mol. The Balaban J connectivity index is 1.48. The second-order valence-corrected chi connectivity index (χ2v) is 8.31. The van der Waals surface area contributed by atoms with Crippen molar-refractivity contribution in [1.82, 2.24) is 9.80 Å². The van der Waals surface area contributed by atoms with Gasteiger partial charge in [0.15, 0.2) is 0 Å². The van der Waals surface area contributed by atoms with Gasteiger partial charge >= 0.3 is 0 Å². The highest BCUT2D eigenvalue weighted by Crippen LogP contribution is 2.32. The van der Waals surface area contributed by atoms with Crippen LogP contribution >= 0.6 is 0 Å². The highest BCUT2D eigenvalue weighted by molar-refractivity contribution is 5.76. The van der Waals surface area contributed by atoms with E-state index in [-0.39, 0.29) is 11.7 Å². The van der Waals surface area contributed by atoms with Crippen molar-refractivity contribution in [2.45, 2.75) is 38.8 Å². The van der Waals surface area contributed by atoms with Gasteiger partial charge in [-0.15, -0.1) is 0 Å².